The second-order valence-electron chi connectivity index (χ2n) is 4.15. The minimum absolute atomic E-state index is 0.184. The molecule has 2 atom stereocenters. The summed E-state index contributed by atoms with van der Waals surface area (Å²) in [6, 6.07) is 0. The van der Waals surface area contributed by atoms with Crippen LogP contribution in [0, 0.1) is 5.92 Å². The van der Waals surface area contributed by atoms with Crippen molar-refractivity contribution in [1.29, 1.82) is 0 Å². The van der Waals surface area contributed by atoms with Crippen molar-refractivity contribution in [2.45, 2.75) is 18.4 Å². The van der Waals surface area contributed by atoms with Crippen molar-refractivity contribution < 1.29 is 13.3 Å². The Kier molecular flexibility index (Phi) is 5.09. The molecule has 2 unspecified atom stereocenters. The van der Waals surface area contributed by atoms with Gasteiger partial charge < -0.3 is 19.0 Å². The molecule has 0 saturated carbocycles. The average molecular weight is 257 g/mol. The fraction of sp³-hybridized carbons (Fsp3) is 0.667. The van der Waals surface area contributed by atoms with E-state index in [0.29, 0.717) is 6.54 Å². The summed E-state index contributed by atoms with van der Waals surface area (Å²) in [6.45, 7) is 2.67. The van der Waals surface area contributed by atoms with Gasteiger partial charge >= 0.3 is 8.80 Å². The molecule has 2 N–H and O–H groups in total. The van der Waals surface area contributed by atoms with Crippen LogP contribution in [-0.2, 0) is 13.3 Å². The number of hydrogen-bond donors (Lipinski definition) is 1. The van der Waals surface area contributed by atoms with Gasteiger partial charge in [0.05, 0.1) is 5.04 Å². The maximum Gasteiger partial charge on any atom is 0.511 e. The van der Waals surface area contributed by atoms with Gasteiger partial charge in [-0.25, -0.2) is 0 Å². The zero-order valence-corrected chi connectivity index (χ0v) is 12.1. The van der Waals surface area contributed by atoms with Crippen molar-refractivity contribution in [2.75, 3.05) is 27.9 Å². The van der Waals surface area contributed by atoms with Gasteiger partial charge in [-0.2, -0.15) is 0 Å². The first-order chi connectivity index (χ1) is 8.16. The molecule has 1 aliphatic rings. The van der Waals surface area contributed by atoms with Crippen LogP contribution in [0.1, 0.15) is 13.3 Å². The predicted octanol–water partition coefficient (Wildman–Crippen LogP) is 1.72. The maximum absolute atomic E-state index is 5.89. The average Bonchev–Trinajstić information content (AvgIpc) is 2.41. The maximum atomic E-state index is 5.89. The molecule has 0 fully saturated rings. The number of hydrogen-bond acceptors (Lipinski definition) is 4. The molecule has 0 radical (unpaired) electrons. The Morgan fingerprint density at radius 3 is 2.18 bits per heavy atom. The molecule has 4 nitrogen and oxygen atoms in total. The van der Waals surface area contributed by atoms with E-state index >= 15 is 0 Å². The van der Waals surface area contributed by atoms with E-state index in [4.69, 9.17) is 19.0 Å². The first-order valence-electron chi connectivity index (χ1n) is 5.87. The van der Waals surface area contributed by atoms with Gasteiger partial charge in [0.25, 0.3) is 0 Å². The van der Waals surface area contributed by atoms with Crippen LogP contribution in [0.15, 0.2) is 24.3 Å². The summed E-state index contributed by atoms with van der Waals surface area (Å²) in [7, 11) is 2.18. The van der Waals surface area contributed by atoms with Crippen molar-refractivity contribution in [3.05, 3.63) is 24.3 Å². The Morgan fingerprint density at radius 2 is 1.76 bits per heavy atom. The Hall–Kier alpha value is -0.463. The summed E-state index contributed by atoms with van der Waals surface area (Å²) in [5, 5.41) is -0.269. The Morgan fingerprint density at radius 1 is 1.18 bits per heavy atom. The van der Waals surface area contributed by atoms with Crippen LogP contribution in [-0.4, -0.2) is 36.7 Å². The lowest BCUT2D eigenvalue weighted by Gasteiger charge is -2.46. The smallest absolute Gasteiger partial charge is 0.376 e. The molecule has 1 rings (SSSR count). The van der Waals surface area contributed by atoms with Crippen LogP contribution in [0.5, 0.6) is 0 Å². The molecule has 17 heavy (non-hydrogen) atoms. The summed E-state index contributed by atoms with van der Waals surface area (Å²) in [5.74, 6) is 0.184. The second kappa shape index (κ2) is 5.93. The van der Waals surface area contributed by atoms with E-state index in [1.165, 1.54) is 0 Å². The summed E-state index contributed by atoms with van der Waals surface area (Å²) < 4.78 is 17.0. The fourth-order valence-corrected chi connectivity index (χ4v) is 5.80. The van der Waals surface area contributed by atoms with Crippen molar-refractivity contribution in [3.8, 4) is 0 Å². The van der Waals surface area contributed by atoms with E-state index in [-0.39, 0.29) is 11.0 Å². The molecule has 5 heteroatoms. The van der Waals surface area contributed by atoms with E-state index in [9.17, 15) is 0 Å². The van der Waals surface area contributed by atoms with Gasteiger partial charge in [0.15, 0.2) is 0 Å². The lowest BCUT2D eigenvalue weighted by molar-refractivity contribution is 0.0875. The molecule has 1 aliphatic carbocycles. The molecule has 98 valence electrons. The van der Waals surface area contributed by atoms with Gasteiger partial charge in [0.2, 0.25) is 0 Å². The Bertz CT molecular complexity index is 294. The molecular weight excluding hydrogens is 234 g/mol. The van der Waals surface area contributed by atoms with Gasteiger partial charge in [-0.1, -0.05) is 31.2 Å². The van der Waals surface area contributed by atoms with Crippen LogP contribution in [0.3, 0.4) is 0 Å². The van der Waals surface area contributed by atoms with Crippen LogP contribution < -0.4 is 5.73 Å². The van der Waals surface area contributed by atoms with Gasteiger partial charge in [-0.05, 0) is 13.0 Å². The highest BCUT2D eigenvalue weighted by Gasteiger charge is 2.60. The third-order valence-corrected chi connectivity index (χ3v) is 7.37. The molecule has 0 saturated heterocycles. The highest BCUT2D eigenvalue weighted by Crippen LogP contribution is 2.52. The molecule has 0 aromatic heterocycles. The molecular formula is C12H23NO3Si. The van der Waals surface area contributed by atoms with Gasteiger partial charge in [0.1, 0.15) is 0 Å². The van der Waals surface area contributed by atoms with Crippen LogP contribution in [0.2, 0.25) is 5.04 Å². The second-order valence-corrected chi connectivity index (χ2v) is 7.42. The Labute approximate surface area is 105 Å². The standard InChI is InChI=1S/C12H23NO3Si/c1-5-12(17(14-2,15-3)16-4)9-7-6-8-11(12)10-13/h6-9,11H,5,10,13H2,1-4H3. The number of allylic oxidation sites excluding steroid dienone is 3. The first kappa shape index (κ1) is 14.6. The van der Waals surface area contributed by atoms with Crippen LogP contribution in [0.4, 0.5) is 0 Å². The van der Waals surface area contributed by atoms with Crippen molar-refractivity contribution in [3.63, 3.8) is 0 Å². The summed E-state index contributed by atoms with van der Waals surface area (Å²) in [6.07, 6.45) is 9.16. The van der Waals surface area contributed by atoms with Crippen molar-refractivity contribution in [1.82, 2.24) is 0 Å². The molecule has 0 spiro atoms. The zero-order valence-electron chi connectivity index (χ0n) is 11.1. The zero-order chi connectivity index (χ0) is 12.9. The summed E-state index contributed by atoms with van der Waals surface area (Å²) in [5.41, 5.74) is 5.89. The number of nitrogens with two attached hydrogens (primary N) is 1. The third-order valence-electron chi connectivity index (χ3n) is 3.73. The molecule has 0 aromatic carbocycles. The molecule has 0 bridgehead atoms. The quantitative estimate of drug-likeness (QED) is 0.736. The predicted molar refractivity (Wildman–Crippen MR) is 70.6 cm³/mol. The molecule has 0 heterocycles. The minimum Gasteiger partial charge on any atom is -0.376 e. The fourth-order valence-electron chi connectivity index (χ4n) is 2.76. The number of rotatable bonds is 6. The first-order valence-corrected chi connectivity index (χ1v) is 7.60. The van der Waals surface area contributed by atoms with Crippen LogP contribution in [0.25, 0.3) is 0 Å². The lowest BCUT2D eigenvalue weighted by Crippen LogP contribution is -2.57. The molecule has 0 amide bonds. The summed E-state index contributed by atoms with van der Waals surface area (Å²) >= 11 is 0. The SMILES string of the molecule is CCC1([Si](OC)(OC)OC)C=CC=CC1CN. The van der Waals surface area contributed by atoms with Crippen LogP contribution >= 0.6 is 0 Å². The van der Waals surface area contributed by atoms with E-state index in [2.05, 4.69) is 19.1 Å². The van der Waals surface area contributed by atoms with Crippen molar-refractivity contribution in [2.24, 2.45) is 11.7 Å². The molecule has 0 aromatic rings. The van der Waals surface area contributed by atoms with E-state index in [0.717, 1.165) is 6.42 Å². The highest BCUT2D eigenvalue weighted by molar-refractivity contribution is 6.65. The third kappa shape index (κ3) is 2.13. The van der Waals surface area contributed by atoms with Crippen molar-refractivity contribution >= 4 is 8.80 Å². The largest absolute Gasteiger partial charge is 0.511 e. The minimum atomic E-state index is -2.77. The Balaban J connectivity index is 3.25. The van der Waals surface area contributed by atoms with E-state index in [1.54, 1.807) is 21.3 Å². The van der Waals surface area contributed by atoms with Gasteiger partial charge in [0, 0.05) is 27.2 Å². The lowest BCUT2D eigenvalue weighted by atomic mass is 9.85. The van der Waals surface area contributed by atoms with E-state index < -0.39 is 8.80 Å². The molecule has 0 aliphatic heterocycles. The van der Waals surface area contributed by atoms with Gasteiger partial charge in [-0.15, -0.1) is 0 Å². The summed E-state index contributed by atoms with van der Waals surface area (Å²) in [4.78, 5) is 0. The van der Waals surface area contributed by atoms with Gasteiger partial charge in [-0.3, -0.25) is 0 Å². The van der Waals surface area contributed by atoms with E-state index in [1.807, 2.05) is 12.2 Å². The topological polar surface area (TPSA) is 53.7 Å². The monoisotopic (exact) mass is 257 g/mol. The normalized spacial score (nSPS) is 28.6. The highest BCUT2D eigenvalue weighted by atomic mass is 28.4.